The Hall–Kier alpha value is -2.97. The first-order valence-electron chi connectivity index (χ1n) is 9.56. The number of carbonyl (C=O) groups is 3. The Morgan fingerprint density at radius 3 is 2.68 bits per heavy atom. The van der Waals surface area contributed by atoms with E-state index in [2.05, 4.69) is 16.0 Å². The molecule has 0 aliphatic heterocycles. The Balaban J connectivity index is 1.63. The van der Waals surface area contributed by atoms with E-state index in [1.807, 2.05) is 24.3 Å². The van der Waals surface area contributed by atoms with Crippen LogP contribution in [0.3, 0.4) is 0 Å². The van der Waals surface area contributed by atoms with Gasteiger partial charge in [-0.05, 0) is 36.1 Å². The Labute approximate surface area is 189 Å². The highest BCUT2D eigenvalue weighted by Crippen LogP contribution is 2.31. The molecule has 2 atom stereocenters. The molecule has 3 rings (SSSR count). The van der Waals surface area contributed by atoms with Crippen molar-refractivity contribution in [1.82, 2.24) is 16.0 Å². The number of hydrogen-bond donors (Lipinski definition) is 4. The van der Waals surface area contributed by atoms with E-state index in [9.17, 15) is 14.4 Å². The molecule has 164 valence electrons. The fraction of sp³-hybridized carbons (Fsp3) is 0.286. The average Bonchev–Trinajstić information content (AvgIpc) is 3.16. The standard InChI is InChI=1S/C21H22Cl2N4O4/c1-31-20(29)16(26-19(28)17-13(22)7-8-14(24)18(17)23)10-25-21(30)27-15-9-6-11-4-2-3-5-12(11)15/h2-5,7-8,15-16H,6,9-10,24H2,1H3,(H,26,28)(H2,25,27,30)/t15-,16+/m1/s1. The highest BCUT2D eigenvalue weighted by molar-refractivity contribution is 6.41. The maximum Gasteiger partial charge on any atom is 0.330 e. The maximum atomic E-state index is 12.7. The second-order valence-corrected chi connectivity index (χ2v) is 7.80. The van der Waals surface area contributed by atoms with Gasteiger partial charge in [-0.1, -0.05) is 47.5 Å². The molecule has 0 fully saturated rings. The van der Waals surface area contributed by atoms with Gasteiger partial charge in [0, 0.05) is 0 Å². The number of rotatable bonds is 6. The Morgan fingerprint density at radius 1 is 1.19 bits per heavy atom. The number of nitrogen functional groups attached to an aromatic ring is 1. The van der Waals surface area contributed by atoms with Crippen molar-refractivity contribution in [2.75, 3.05) is 19.4 Å². The predicted molar refractivity (Wildman–Crippen MR) is 118 cm³/mol. The molecule has 1 aliphatic rings. The first-order chi connectivity index (χ1) is 14.8. The molecular weight excluding hydrogens is 443 g/mol. The van der Waals surface area contributed by atoms with Gasteiger partial charge in [-0.25, -0.2) is 9.59 Å². The lowest BCUT2D eigenvalue weighted by atomic mass is 10.1. The highest BCUT2D eigenvalue weighted by Gasteiger charge is 2.27. The van der Waals surface area contributed by atoms with Gasteiger partial charge in [0.05, 0.1) is 41.0 Å². The number of nitrogens with one attached hydrogen (secondary N) is 3. The summed E-state index contributed by atoms with van der Waals surface area (Å²) in [5, 5.41) is 8.00. The predicted octanol–water partition coefficient (Wildman–Crippen LogP) is 2.83. The van der Waals surface area contributed by atoms with Crippen molar-refractivity contribution in [3.8, 4) is 0 Å². The molecule has 2 aromatic carbocycles. The summed E-state index contributed by atoms with van der Waals surface area (Å²) in [5.41, 5.74) is 8.10. The number of nitrogens with two attached hydrogens (primary N) is 1. The number of methoxy groups -OCH3 is 1. The van der Waals surface area contributed by atoms with Gasteiger partial charge in [0.1, 0.15) is 6.04 Å². The van der Waals surface area contributed by atoms with E-state index in [-0.39, 0.29) is 33.9 Å². The minimum absolute atomic E-state index is 0.0285. The van der Waals surface area contributed by atoms with Crippen LogP contribution in [-0.2, 0) is 16.0 Å². The van der Waals surface area contributed by atoms with Crippen molar-refractivity contribution in [1.29, 1.82) is 0 Å². The van der Waals surface area contributed by atoms with Crippen LogP contribution in [0.4, 0.5) is 10.5 Å². The summed E-state index contributed by atoms with van der Waals surface area (Å²) in [6, 6.07) is 9.04. The first kappa shape index (κ1) is 22.7. The van der Waals surface area contributed by atoms with Gasteiger partial charge in [-0.2, -0.15) is 0 Å². The van der Waals surface area contributed by atoms with Gasteiger partial charge >= 0.3 is 12.0 Å². The molecule has 5 N–H and O–H groups in total. The molecule has 0 unspecified atom stereocenters. The summed E-state index contributed by atoms with van der Waals surface area (Å²) >= 11 is 12.1. The Kier molecular flexibility index (Phi) is 7.25. The second-order valence-electron chi connectivity index (χ2n) is 7.02. The second kappa shape index (κ2) is 9.89. The van der Waals surface area contributed by atoms with Crippen LogP contribution in [0.2, 0.25) is 10.0 Å². The van der Waals surface area contributed by atoms with Crippen molar-refractivity contribution in [3.63, 3.8) is 0 Å². The summed E-state index contributed by atoms with van der Waals surface area (Å²) in [6.45, 7) is -0.198. The molecule has 1 aliphatic carbocycles. The van der Waals surface area contributed by atoms with E-state index >= 15 is 0 Å². The molecule has 2 aromatic rings. The summed E-state index contributed by atoms with van der Waals surface area (Å²) in [5.74, 6) is -1.46. The average molecular weight is 465 g/mol. The van der Waals surface area contributed by atoms with Crippen LogP contribution >= 0.6 is 23.2 Å². The van der Waals surface area contributed by atoms with Gasteiger partial charge in [0.2, 0.25) is 0 Å². The molecule has 0 spiro atoms. The summed E-state index contributed by atoms with van der Waals surface area (Å²) in [6.07, 6.45) is 1.67. The topological polar surface area (TPSA) is 123 Å². The third kappa shape index (κ3) is 5.21. The van der Waals surface area contributed by atoms with Gasteiger partial charge in [-0.3, -0.25) is 4.79 Å². The SMILES string of the molecule is COC(=O)[C@H](CNC(=O)N[C@@H]1CCc2ccccc21)NC(=O)c1c(Cl)ccc(N)c1Cl. The van der Waals surface area contributed by atoms with Crippen molar-refractivity contribution in [3.05, 3.63) is 63.1 Å². The third-order valence-electron chi connectivity index (χ3n) is 5.04. The molecule has 0 radical (unpaired) electrons. The largest absolute Gasteiger partial charge is 0.467 e. The number of hydrogen-bond acceptors (Lipinski definition) is 5. The number of aryl methyl sites for hydroxylation is 1. The van der Waals surface area contributed by atoms with Crippen LogP contribution in [0.5, 0.6) is 0 Å². The molecular formula is C21H22Cl2N4O4. The number of urea groups is 1. The molecule has 31 heavy (non-hydrogen) atoms. The minimum atomic E-state index is -1.16. The van der Waals surface area contributed by atoms with Gasteiger partial charge in [-0.15, -0.1) is 0 Å². The van der Waals surface area contributed by atoms with Crippen molar-refractivity contribution >= 4 is 46.8 Å². The lowest BCUT2D eigenvalue weighted by Crippen LogP contribution is -2.51. The van der Waals surface area contributed by atoms with Gasteiger partial charge in [0.15, 0.2) is 0 Å². The lowest BCUT2D eigenvalue weighted by Gasteiger charge is -2.20. The maximum absolute atomic E-state index is 12.7. The normalized spacial score (nSPS) is 15.5. The fourth-order valence-electron chi connectivity index (χ4n) is 3.45. The van der Waals surface area contributed by atoms with Crippen LogP contribution in [0.15, 0.2) is 36.4 Å². The monoisotopic (exact) mass is 464 g/mol. The van der Waals surface area contributed by atoms with Crippen molar-refractivity contribution in [2.45, 2.75) is 24.9 Å². The van der Waals surface area contributed by atoms with Crippen LogP contribution in [0, 0.1) is 0 Å². The molecule has 0 heterocycles. The van der Waals surface area contributed by atoms with Crippen LogP contribution in [0.25, 0.3) is 0 Å². The van der Waals surface area contributed by atoms with E-state index in [0.717, 1.165) is 18.4 Å². The molecule has 3 amide bonds. The molecule has 10 heteroatoms. The van der Waals surface area contributed by atoms with Crippen molar-refractivity contribution in [2.24, 2.45) is 0 Å². The van der Waals surface area contributed by atoms with E-state index in [4.69, 9.17) is 33.7 Å². The first-order valence-corrected chi connectivity index (χ1v) is 10.3. The van der Waals surface area contributed by atoms with Crippen LogP contribution in [0.1, 0.15) is 33.9 Å². The van der Waals surface area contributed by atoms with Gasteiger partial charge in [0.25, 0.3) is 5.91 Å². The van der Waals surface area contributed by atoms with E-state index in [1.54, 1.807) is 0 Å². The third-order valence-corrected chi connectivity index (χ3v) is 5.77. The number of fused-ring (bicyclic) bond motifs is 1. The zero-order valence-electron chi connectivity index (χ0n) is 16.7. The number of ether oxygens (including phenoxy) is 1. The number of amides is 3. The summed E-state index contributed by atoms with van der Waals surface area (Å²) in [4.78, 5) is 37.2. The van der Waals surface area contributed by atoms with Crippen LogP contribution < -0.4 is 21.7 Å². The van der Waals surface area contributed by atoms with Crippen LogP contribution in [-0.4, -0.2) is 37.6 Å². The molecule has 0 aromatic heterocycles. The Bertz CT molecular complexity index is 1010. The number of anilines is 1. The molecule has 0 bridgehead atoms. The zero-order chi connectivity index (χ0) is 22.5. The van der Waals surface area contributed by atoms with Crippen molar-refractivity contribution < 1.29 is 19.1 Å². The fourth-order valence-corrected chi connectivity index (χ4v) is 4.00. The Morgan fingerprint density at radius 2 is 1.94 bits per heavy atom. The van der Waals surface area contributed by atoms with Gasteiger partial charge < -0.3 is 26.4 Å². The molecule has 0 saturated heterocycles. The molecule has 0 saturated carbocycles. The number of halogens is 2. The highest BCUT2D eigenvalue weighted by atomic mass is 35.5. The quantitative estimate of drug-likeness (QED) is 0.386. The number of benzene rings is 2. The minimum Gasteiger partial charge on any atom is -0.467 e. The number of esters is 1. The summed E-state index contributed by atoms with van der Waals surface area (Å²) in [7, 11) is 1.18. The van der Waals surface area contributed by atoms with E-state index < -0.39 is 23.9 Å². The van der Waals surface area contributed by atoms with E-state index in [1.165, 1.54) is 24.8 Å². The smallest absolute Gasteiger partial charge is 0.330 e. The zero-order valence-corrected chi connectivity index (χ0v) is 18.2. The van der Waals surface area contributed by atoms with E-state index in [0.29, 0.717) is 0 Å². The lowest BCUT2D eigenvalue weighted by molar-refractivity contribution is -0.142. The number of carbonyl (C=O) groups excluding carboxylic acids is 3. The molecule has 8 nitrogen and oxygen atoms in total. The summed E-state index contributed by atoms with van der Waals surface area (Å²) < 4.78 is 4.73.